The van der Waals surface area contributed by atoms with Gasteiger partial charge in [0, 0.05) is 13.0 Å². The van der Waals surface area contributed by atoms with Gasteiger partial charge in [-0.2, -0.15) is 0 Å². The van der Waals surface area contributed by atoms with Crippen LogP contribution in [0, 0.1) is 0 Å². The van der Waals surface area contributed by atoms with E-state index in [2.05, 4.69) is 13.8 Å². The van der Waals surface area contributed by atoms with Crippen LogP contribution in [0.2, 0.25) is 0 Å². The van der Waals surface area contributed by atoms with Crippen LogP contribution in [-0.4, -0.2) is 65.4 Å². The summed E-state index contributed by atoms with van der Waals surface area (Å²) < 4.78 is 27.3. The summed E-state index contributed by atoms with van der Waals surface area (Å²) in [6, 6.07) is 0. The van der Waals surface area contributed by atoms with Crippen molar-refractivity contribution in [3.63, 3.8) is 0 Å². The second kappa shape index (κ2) is 32.3. The monoisotopic (exact) mass is 516 g/mol. The van der Waals surface area contributed by atoms with E-state index in [1.807, 2.05) is 0 Å². The van der Waals surface area contributed by atoms with Crippen LogP contribution in [0.5, 0.6) is 0 Å². The summed E-state index contributed by atoms with van der Waals surface area (Å²) in [7, 11) is 0. The highest BCUT2D eigenvalue weighted by atomic mass is 16.6. The Labute approximate surface area is 223 Å². The first-order valence-electron chi connectivity index (χ1n) is 15.3. The van der Waals surface area contributed by atoms with E-state index in [4.69, 9.17) is 23.7 Å². The van der Waals surface area contributed by atoms with Crippen LogP contribution in [0.1, 0.15) is 129 Å². The molecule has 0 atom stereocenters. The average molecular weight is 517 g/mol. The molecule has 0 aromatic rings. The van der Waals surface area contributed by atoms with Crippen LogP contribution in [0.4, 0.5) is 0 Å². The van der Waals surface area contributed by atoms with Crippen molar-refractivity contribution in [1.29, 1.82) is 0 Å². The SMILES string of the molecule is CCCCCCCCCCCC(=O)OCCOCCOCCOCCOCCCCCCCCCC. The zero-order valence-electron chi connectivity index (χ0n) is 24.0. The predicted molar refractivity (Wildman–Crippen MR) is 149 cm³/mol. The molecule has 6 nitrogen and oxygen atoms in total. The second-order valence-electron chi connectivity index (χ2n) is 9.72. The molecule has 0 bridgehead atoms. The van der Waals surface area contributed by atoms with Gasteiger partial charge < -0.3 is 23.7 Å². The smallest absolute Gasteiger partial charge is 0.305 e. The Hall–Kier alpha value is -0.690. The zero-order valence-corrected chi connectivity index (χ0v) is 24.0. The molecule has 0 aliphatic carbocycles. The summed E-state index contributed by atoms with van der Waals surface area (Å²) in [6.45, 7) is 9.47. The molecule has 0 saturated heterocycles. The summed E-state index contributed by atoms with van der Waals surface area (Å²) >= 11 is 0. The van der Waals surface area contributed by atoms with Gasteiger partial charge in [-0.3, -0.25) is 4.79 Å². The van der Waals surface area contributed by atoms with E-state index in [9.17, 15) is 4.79 Å². The third-order valence-corrected chi connectivity index (χ3v) is 6.23. The van der Waals surface area contributed by atoms with Crippen LogP contribution in [0.15, 0.2) is 0 Å². The quantitative estimate of drug-likeness (QED) is 0.0696. The maximum absolute atomic E-state index is 11.7. The molecule has 0 aromatic heterocycles. The van der Waals surface area contributed by atoms with Gasteiger partial charge in [0.05, 0.1) is 46.2 Å². The zero-order chi connectivity index (χ0) is 26.2. The average Bonchev–Trinajstić information content (AvgIpc) is 2.88. The molecule has 0 N–H and O–H groups in total. The van der Waals surface area contributed by atoms with Gasteiger partial charge in [0.25, 0.3) is 0 Å². The molecule has 216 valence electrons. The molecule has 0 amide bonds. The lowest BCUT2D eigenvalue weighted by Crippen LogP contribution is -2.14. The van der Waals surface area contributed by atoms with E-state index in [0.29, 0.717) is 59.3 Å². The van der Waals surface area contributed by atoms with Crippen molar-refractivity contribution in [1.82, 2.24) is 0 Å². The normalized spacial score (nSPS) is 11.3. The van der Waals surface area contributed by atoms with Crippen LogP contribution < -0.4 is 0 Å². The first-order chi connectivity index (χ1) is 17.8. The third kappa shape index (κ3) is 31.3. The van der Waals surface area contributed by atoms with E-state index < -0.39 is 0 Å². The number of carbonyl (C=O) groups is 1. The van der Waals surface area contributed by atoms with Crippen molar-refractivity contribution in [3.05, 3.63) is 0 Å². The van der Waals surface area contributed by atoms with E-state index in [0.717, 1.165) is 25.9 Å². The molecule has 36 heavy (non-hydrogen) atoms. The Morgan fingerprint density at radius 2 is 0.722 bits per heavy atom. The van der Waals surface area contributed by atoms with Crippen LogP contribution in [-0.2, 0) is 28.5 Å². The van der Waals surface area contributed by atoms with Gasteiger partial charge in [-0.25, -0.2) is 0 Å². The minimum absolute atomic E-state index is 0.114. The summed E-state index contributed by atoms with van der Waals surface area (Å²) in [5, 5.41) is 0. The van der Waals surface area contributed by atoms with Gasteiger partial charge in [0.2, 0.25) is 0 Å². The fraction of sp³-hybridized carbons (Fsp3) is 0.967. The minimum atomic E-state index is -0.114. The molecule has 0 fully saturated rings. The summed E-state index contributed by atoms with van der Waals surface area (Å²) in [6.07, 6.45) is 22.3. The van der Waals surface area contributed by atoms with E-state index in [1.165, 1.54) is 89.9 Å². The fourth-order valence-electron chi connectivity index (χ4n) is 3.97. The van der Waals surface area contributed by atoms with E-state index in [-0.39, 0.29) is 5.97 Å². The maximum Gasteiger partial charge on any atom is 0.305 e. The van der Waals surface area contributed by atoms with Crippen LogP contribution in [0.25, 0.3) is 0 Å². The molecule has 0 aliphatic rings. The number of esters is 1. The standard InChI is InChI=1S/C30H60O6/c1-3-5-7-9-11-13-14-16-18-20-30(31)36-29-28-35-27-26-34-25-24-33-23-22-32-21-19-17-15-12-10-8-6-4-2/h3-29H2,1-2H3. The highest BCUT2D eigenvalue weighted by Crippen LogP contribution is 2.11. The highest BCUT2D eigenvalue weighted by Gasteiger charge is 2.02. The molecule has 0 saturated carbocycles. The lowest BCUT2D eigenvalue weighted by molar-refractivity contribution is -0.145. The first-order valence-corrected chi connectivity index (χ1v) is 15.3. The van der Waals surface area contributed by atoms with Gasteiger partial charge in [-0.05, 0) is 12.8 Å². The van der Waals surface area contributed by atoms with Gasteiger partial charge in [0.15, 0.2) is 0 Å². The number of unbranched alkanes of at least 4 members (excludes halogenated alkanes) is 15. The molecular weight excluding hydrogens is 456 g/mol. The molecule has 0 radical (unpaired) electrons. The van der Waals surface area contributed by atoms with Crippen LogP contribution in [0.3, 0.4) is 0 Å². The Balaban J connectivity index is 3.11. The summed E-state index contributed by atoms with van der Waals surface area (Å²) in [5.74, 6) is -0.114. The van der Waals surface area contributed by atoms with Crippen molar-refractivity contribution < 1.29 is 28.5 Å². The number of ether oxygens (including phenoxy) is 5. The lowest BCUT2D eigenvalue weighted by Gasteiger charge is -2.08. The Kier molecular flexibility index (Phi) is 31.7. The van der Waals surface area contributed by atoms with Gasteiger partial charge in [-0.1, -0.05) is 110 Å². The molecule has 6 heteroatoms. The Morgan fingerprint density at radius 1 is 0.389 bits per heavy atom. The number of hydrogen-bond acceptors (Lipinski definition) is 6. The summed E-state index contributed by atoms with van der Waals surface area (Å²) in [5.41, 5.74) is 0. The van der Waals surface area contributed by atoms with Crippen molar-refractivity contribution >= 4 is 5.97 Å². The fourth-order valence-corrected chi connectivity index (χ4v) is 3.97. The number of hydrogen-bond donors (Lipinski definition) is 0. The van der Waals surface area contributed by atoms with Crippen LogP contribution >= 0.6 is 0 Å². The predicted octanol–water partition coefficient (Wildman–Crippen LogP) is 7.66. The topological polar surface area (TPSA) is 63.2 Å². The maximum atomic E-state index is 11.7. The van der Waals surface area contributed by atoms with Crippen molar-refractivity contribution in [3.8, 4) is 0 Å². The number of carbonyl (C=O) groups excluding carboxylic acids is 1. The first kappa shape index (κ1) is 35.3. The molecule has 0 unspecified atom stereocenters. The van der Waals surface area contributed by atoms with Gasteiger partial charge in [0.1, 0.15) is 6.61 Å². The van der Waals surface area contributed by atoms with Crippen molar-refractivity contribution in [2.45, 2.75) is 129 Å². The second-order valence-corrected chi connectivity index (χ2v) is 9.72. The molecule has 0 aromatic carbocycles. The largest absolute Gasteiger partial charge is 0.463 e. The molecule has 0 spiro atoms. The molecular formula is C30H60O6. The van der Waals surface area contributed by atoms with E-state index in [1.54, 1.807) is 0 Å². The van der Waals surface area contributed by atoms with E-state index >= 15 is 0 Å². The minimum Gasteiger partial charge on any atom is -0.463 e. The summed E-state index contributed by atoms with van der Waals surface area (Å²) in [4.78, 5) is 11.7. The van der Waals surface area contributed by atoms with Gasteiger partial charge >= 0.3 is 5.97 Å². The molecule has 0 heterocycles. The molecule has 0 rings (SSSR count). The van der Waals surface area contributed by atoms with Crippen molar-refractivity contribution in [2.24, 2.45) is 0 Å². The molecule has 0 aliphatic heterocycles. The van der Waals surface area contributed by atoms with Crippen molar-refractivity contribution in [2.75, 3.05) is 59.5 Å². The number of rotatable bonds is 31. The van der Waals surface area contributed by atoms with Gasteiger partial charge in [-0.15, -0.1) is 0 Å². The highest BCUT2D eigenvalue weighted by molar-refractivity contribution is 5.69. The third-order valence-electron chi connectivity index (χ3n) is 6.23. The Bertz CT molecular complexity index is 418. The lowest BCUT2D eigenvalue weighted by atomic mass is 10.1. The Morgan fingerprint density at radius 3 is 1.17 bits per heavy atom.